The average Bonchev–Trinajstić information content (AvgIpc) is 2.17. The van der Waals surface area contributed by atoms with E-state index < -0.39 is 6.48 Å². The van der Waals surface area contributed by atoms with Crippen molar-refractivity contribution >= 4 is 9.76 Å². The molecule has 0 aromatic rings. The van der Waals surface area contributed by atoms with Gasteiger partial charge in [-0.2, -0.15) is 0 Å². The van der Waals surface area contributed by atoms with E-state index in [9.17, 15) is 0 Å². The summed E-state index contributed by atoms with van der Waals surface area (Å²) in [6, 6.07) is 0. The van der Waals surface area contributed by atoms with Crippen molar-refractivity contribution in [3.63, 3.8) is 0 Å². The third-order valence-electron chi connectivity index (χ3n) is 0.948. The van der Waals surface area contributed by atoms with Gasteiger partial charge in [0.2, 0.25) is 0 Å². The van der Waals surface area contributed by atoms with E-state index in [0.29, 0.717) is 13.2 Å². The minimum absolute atomic E-state index is 0.163. The van der Waals surface area contributed by atoms with Crippen molar-refractivity contribution in [2.45, 2.75) is 6.48 Å². The summed E-state index contributed by atoms with van der Waals surface area (Å²) in [4.78, 5) is 0. The number of hydrogen-bond donors (Lipinski definition) is 0. The molecule has 0 saturated heterocycles. The predicted octanol–water partition coefficient (Wildman–Crippen LogP) is 1.45. The first-order chi connectivity index (χ1) is 6.35. The Morgan fingerprint density at radius 1 is 1.08 bits per heavy atom. The monoisotopic (exact) mass is 198 g/mol. The fraction of sp³-hybridized carbons (Fsp3) is 0.333. The minimum Gasteiger partial charge on any atom is -0.366 e. The Morgan fingerprint density at radius 2 is 1.62 bits per heavy atom. The van der Waals surface area contributed by atoms with E-state index in [2.05, 4.69) is 19.7 Å². The molecule has 0 aromatic heterocycles. The van der Waals surface area contributed by atoms with Crippen LogP contribution in [0.5, 0.6) is 0 Å². The highest BCUT2D eigenvalue weighted by Crippen LogP contribution is 1.97. The molecule has 72 valence electrons. The van der Waals surface area contributed by atoms with Gasteiger partial charge in [0.25, 0.3) is 16.2 Å². The van der Waals surface area contributed by atoms with Crippen molar-refractivity contribution in [2.75, 3.05) is 13.2 Å². The summed E-state index contributed by atoms with van der Waals surface area (Å²) in [6.45, 7) is 10.7. The molecule has 0 N–H and O–H groups in total. The van der Waals surface area contributed by atoms with Crippen LogP contribution in [-0.2, 0) is 13.9 Å². The molecule has 0 heterocycles. The highest BCUT2D eigenvalue weighted by Gasteiger charge is 2.06. The summed E-state index contributed by atoms with van der Waals surface area (Å²) in [5.74, 6) is 0. The topological polar surface area (TPSA) is 27.7 Å². The van der Waals surface area contributed by atoms with Crippen LogP contribution in [0.1, 0.15) is 0 Å². The van der Waals surface area contributed by atoms with E-state index in [4.69, 9.17) is 13.9 Å². The Bertz CT molecular complexity index is 130. The Labute approximate surface area is 81.6 Å². The molecule has 0 fully saturated rings. The smallest absolute Gasteiger partial charge is 0.267 e. The molecule has 13 heavy (non-hydrogen) atoms. The zero-order valence-electron chi connectivity index (χ0n) is 7.57. The summed E-state index contributed by atoms with van der Waals surface area (Å²) in [5.41, 5.74) is 1.65. The summed E-state index contributed by atoms with van der Waals surface area (Å²) < 4.78 is 15.5. The van der Waals surface area contributed by atoms with E-state index in [1.54, 1.807) is 17.9 Å². The second-order valence-electron chi connectivity index (χ2n) is 1.97. The molecule has 0 aromatic carbocycles. The van der Waals surface area contributed by atoms with Crippen molar-refractivity contribution in [3.8, 4) is 0 Å². The van der Waals surface area contributed by atoms with Gasteiger partial charge in [0.1, 0.15) is 0 Å². The predicted molar refractivity (Wildman–Crippen MR) is 53.1 cm³/mol. The molecular formula is C9H14O3Si. The summed E-state index contributed by atoms with van der Waals surface area (Å²) in [7, 11) is 0.163. The van der Waals surface area contributed by atoms with Crippen LogP contribution in [-0.4, -0.2) is 29.5 Å². The molecule has 0 aliphatic carbocycles. The molecule has 2 radical (unpaired) electrons. The molecule has 0 bridgehead atoms. The quantitative estimate of drug-likeness (QED) is 0.319. The van der Waals surface area contributed by atoms with Crippen LogP contribution in [0.3, 0.4) is 0 Å². The van der Waals surface area contributed by atoms with E-state index in [0.717, 1.165) is 0 Å². The zero-order valence-corrected chi connectivity index (χ0v) is 8.57. The van der Waals surface area contributed by atoms with Crippen molar-refractivity contribution < 1.29 is 13.9 Å². The maximum atomic E-state index is 5.17. The van der Waals surface area contributed by atoms with E-state index in [-0.39, 0.29) is 9.76 Å². The number of rotatable bonds is 9. The maximum absolute atomic E-state index is 5.17. The lowest BCUT2D eigenvalue weighted by Gasteiger charge is -2.15. The highest BCUT2D eigenvalue weighted by atomic mass is 28.2. The van der Waals surface area contributed by atoms with Gasteiger partial charge in [-0.1, -0.05) is 17.9 Å². The zero-order chi connectivity index (χ0) is 9.94. The Hall–Kier alpha value is -0.683. The first-order valence-electron chi connectivity index (χ1n) is 3.82. The molecule has 0 aliphatic heterocycles. The first kappa shape index (κ1) is 12.3. The van der Waals surface area contributed by atoms with Crippen molar-refractivity contribution in [1.82, 2.24) is 0 Å². The fourth-order valence-electron chi connectivity index (χ4n) is 0.513. The van der Waals surface area contributed by atoms with Crippen LogP contribution in [0.15, 0.2) is 37.6 Å². The third-order valence-corrected chi connectivity index (χ3v) is 1.44. The van der Waals surface area contributed by atoms with Gasteiger partial charge in [0.05, 0.1) is 13.2 Å². The SMILES string of the molecule is C=CCOC(OCC=C)O[Si]C=C. The van der Waals surface area contributed by atoms with Crippen LogP contribution in [0.4, 0.5) is 0 Å². The lowest BCUT2D eigenvalue weighted by molar-refractivity contribution is -0.236. The lowest BCUT2D eigenvalue weighted by atomic mass is 10.7. The molecule has 0 rings (SSSR count). The molecule has 0 amide bonds. The normalized spacial score (nSPS) is 9.92. The van der Waals surface area contributed by atoms with E-state index >= 15 is 0 Å². The Morgan fingerprint density at radius 3 is 2.00 bits per heavy atom. The minimum atomic E-state index is -0.660. The average molecular weight is 198 g/mol. The first-order valence-corrected chi connectivity index (χ1v) is 4.80. The second kappa shape index (κ2) is 9.41. The van der Waals surface area contributed by atoms with Crippen LogP contribution in [0.2, 0.25) is 0 Å². The van der Waals surface area contributed by atoms with Gasteiger partial charge in [-0.15, -0.1) is 19.7 Å². The standard InChI is InChI=1S/C9H14O3Si/c1-4-7-10-9(11-8-5-2)12-13-6-3/h4-6,9H,1-3,7-8H2. The Balaban J connectivity index is 3.64. The van der Waals surface area contributed by atoms with Gasteiger partial charge in [-0.05, 0) is 0 Å². The highest BCUT2D eigenvalue weighted by molar-refractivity contribution is 6.34. The largest absolute Gasteiger partial charge is 0.366 e. The molecule has 0 unspecified atom stereocenters. The molecule has 4 heteroatoms. The van der Waals surface area contributed by atoms with Gasteiger partial charge in [0, 0.05) is 0 Å². The van der Waals surface area contributed by atoms with Gasteiger partial charge >= 0.3 is 0 Å². The lowest BCUT2D eigenvalue weighted by Crippen LogP contribution is -2.22. The molecule has 0 aliphatic rings. The van der Waals surface area contributed by atoms with Crippen LogP contribution in [0, 0.1) is 0 Å². The second-order valence-corrected chi connectivity index (χ2v) is 2.85. The van der Waals surface area contributed by atoms with Crippen molar-refractivity contribution in [2.24, 2.45) is 0 Å². The number of ether oxygens (including phenoxy) is 2. The molecule has 3 nitrogen and oxygen atoms in total. The van der Waals surface area contributed by atoms with Crippen molar-refractivity contribution in [1.29, 1.82) is 0 Å². The van der Waals surface area contributed by atoms with Crippen LogP contribution in [0.25, 0.3) is 0 Å². The van der Waals surface area contributed by atoms with Gasteiger partial charge in [-0.25, -0.2) is 0 Å². The molecule has 0 saturated carbocycles. The third kappa shape index (κ3) is 7.67. The van der Waals surface area contributed by atoms with Crippen molar-refractivity contribution in [3.05, 3.63) is 37.6 Å². The van der Waals surface area contributed by atoms with E-state index in [1.165, 1.54) is 0 Å². The summed E-state index contributed by atoms with van der Waals surface area (Å²) in [5, 5.41) is 0. The molecule has 0 spiro atoms. The molecule has 0 atom stereocenters. The fourth-order valence-corrected chi connectivity index (χ4v) is 0.856. The number of hydrogen-bond acceptors (Lipinski definition) is 3. The van der Waals surface area contributed by atoms with Gasteiger partial charge in [-0.3, -0.25) is 0 Å². The Kier molecular flexibility index (Phi) is 8.91. The van der Waals surface area contributed by atoms with Gasteiger partial charge in [0.15, 0.2) is 0 Å². The molecular weight excluding hydrogens is 184 g/mol. The maximum Gasteiger partial charge on any atom is 0.267 e. The van der Waals surface area contributed by atoms with Crippen LogP contribution >= 0.6 is 0 Å². The van der Waals surface area contributed by atoms with Gasteiger partial charge < -0.3 is 13.9 Å². The van der Waals surface area contributed by atoms with Crippen LogP contribution < -0.4 is 0 Å². The summed E-state index contributed by atoms with van der Waals surface area (Å²) in [6.07, 6.45) is 3.26. The van der Waals surface area contributed by atoms with E-state index in [1.807, 2.05) is 0 Å². The summed E-state index contributed by atoms with van der Waals surface area (Å²) >= 11 is 0.